The number of alkyl halides is 2. The molecule has 1 N–H and O–H groups in total. The monoisotopic (exact) mass is 328 g/mol. The van der Waals surface area contributed by atoms with Crippen LogP contribution in [0.3, 0.4) is 0 Å². The lowest BCUT2D eigenvalue weighted by molar-refractivity contribution is -0.384. The van der Waals surface area contributed by atoms with Crippen LogP contribution in [0.5, 0.6) is 0 Å². The predicted octanol–water partition coefficient (Wildman–Crippen LogP) is 3.93. The number of halogens is 2. The maximum absolute atomic E-state index is 12.1. The van der Waals surface area contributed by atoms with Gasteiger partial charge in [-0.2, -0.15) is 8.78 Å². The Balaban J connectivity index is 1.77. The van der Waals surface area contributed by atoms with E-state index in [1.54, 1.807) is 24.3 Å². The molecule has 0 spiro atoms. The van der Waals surface area contributed by atoms with Gasteiger partial charge >= 0.3 is 0 Å². The summed E-state index contributed by atoms with van der Waals surface area (Å²) in [4.78, 5) is 10.1. The summed E-state index contributed by atoms with van der Waals surface area (Å²) >= 11 is 0.520. The lowest BCUT2D eigenvalue weighted by Crippen LogP contribution is -2.12. The van der Waals surface area contributed by atoms with Crippen LogP contribution in [0.4, 0.5) is 14.5 Å². The number of non-ortho nitro benzene ring substituents is 1. The zero-order valence-electron chi connectivity index (χ0n) is 11.5. The summed E-state index contributed by atoms with van der Waals surface area (Å²) in [6.07, 6.45) is 0. The van der Waals surface area contributed by atoms with E-state index >= 15 is 0 Å². The molecule has 0 aliphatic carbocycles. The van der Waals surface area contributed by atoms with Crippen LogP contribution >= 0.6 is 11.8 Å². The van der Waals surface area contributed by atoms with E-state index in [2.05, 4.69) is 5.32 Å². The van der Waals surface area contributed by atoms with E-state index in [1.807, 2.05) is 0 Å². The van der Waals surface area contributed by atoms with Crippen LogP contribution in [0.15, 0.2) is 40.8 Å². The Kier molecular flexibility index (Phi) is 5.91. The van der Waals surface area contributed by atoms with Gasteiger partial charge in [-0.15, -0.1) is 0 Å². The topological polar surface area (TPSA) is 68.3 Å². The molecule has 0 bridgehead atoms. The highest BCUT2D eigenvalue weighted by Gasteiger charge is 2.07. The van der Waals surface area contributed by atoms with Crippen molar-refractivity contribution >= 4 is 17.4 Å². The molecule has 0 aliphatic rings. The van der Waals surface area contributed by atoms with Gasteiger partial charge < -0.3 is 9.73 Å². The van der Waals surface area contributed by atoms with Crippen molar-refractivity contribution in [3.05, 3.63) is 63.6 Å². The Labute approximate surface area is 129 Å². The molecule has 2 rings (SSSR count). The fourth-order valence-electron chi connectivity index (χ4n) is 1.81. The van der Waals surface area contributed by atoms with E-state index in [9.17, 15) is 18.9 Å². The first-order chi connectivity index (χ1) is 10.5. The maximum Gasteiger partial charge on any atom is 0.284 e. The molecule has 118 valence electrons. The minimum atomic E-state index is -2.41. The molecule has 1 heterocycles. The molecule has 0 fully saturated rings. The van der Waals surface area contributed by atoms with Gasteiger partial charge in [-0.3, -0.25) is 10.1 Å². The average Bonchev–Trinajstić information content (AvgIpc) is 2.93. The fraction of sp³-hybridized carbons (Fsp3) is 0.286. The molecule has 1 aromatic carbocycles. The molecule has 2 aromatic rings. The number of furan rings is 1. The van der Waals surface area contributed by atoms with Gasteiger partial charge in [0.2, 0.25) is 0 Å². The zero-order chi connectivity index (χ0) is 15.9. The van der Waals surface area contributed by atoms with Crippen molar-refractivity contribution in [1.29, 1.82) is 0 Å². The van der Waals surface area contributed by atoms with Gasteiger partial charge in [-0.05, 0) is 17.7 Å². The summed E-state index contributed by atoms with van der Waals surface area (Å²) in [6, 6.07) is 9.67. The quantitative estimate of drug-likeness (QED) is 0.587. The van der Waals surface area contributed by atoms with Gasteiger partial charge in [0.25, 0.3) is 11.4 Å². The Hall–Kier alpha value is -1.93. The Morgan fingerprint density at radius 2 is 1.82 bits per heavy atom. The molecule has 22 heavy (non-hydrogen) atoms. The highest BCUT2D eigenvalue weighted by Crippen LogP contribution is 2.21. The normalized spacial score (nSPS) is 11.0. The number of benzene rings is 1. The van der Waals surface area contributed by atoms with Crippen LogP contribution in [0.25, 0.3) is 0 Å². The number of nitro groups is 1. The number of hydrogen-bond donors (Lipinski definition) is 1. The second-order valence-corrected chi connectivity index (χ2v) is 5.45. The van der Waals surface area contributed by atoms with Crippen LogP contribution in [-0.2, 0) is 18.8 Å². The number of nitrogens with zero attached hydrogens (tertiary/aromatic N) is 1. The van der Waals surface area contributed by atoms with Crippen molar-refractivity contribution in [3.63, 3.8) is 0 Å². The standard InChI is InChI=1S/C14H14F2N2O3S/c15-14(16)22-9-13-6-5-12(21-13)8-17-7-10-1-3-11(4-2-10)18(19)20/h1-6,14,17H,7-9H2. The largest absolute Gasteiger partial charge is 0.464 e. The Bertz CT molecular complexity index is 617. The van der Waals surface area contributed by atoms with Crippen LogP contribution in [-0.4, -0.2) is 10.7 Å². The number of hydrogen-bond acceptors (Lipinski definition) is 5. The number of thioether (sulfide) groups is 1. The molecule has 0 aliphatic heterocycles. The molecule has 0 amide bonds. The van der Waals surface area contributed by atoms with Crippen molar-refractivity contribution in [1.82, 2.24) is 5.32 Å². The van der Waals surface area contributed by atoms with E-state index in [1.165, 1.54) is 12.1 Å². The second kappa shape index (κ2) is 7.90. The average molecular weight is 328 g/mol. The van der Waals surface area contributed by atoms with Crippen LogP contribution in [0, 0.1) is 10.1 Å². The van der Waals surface area contributed by atoms with Crippen molar-refractivity contribution in [2.45, 2.75) is 24.6 Å². The summed E-state index contributed by atoms with van der Waals surface area (Å²) < 4.78 is 29.5. The molecule has 0 saturated heterocycles. The van der Waals surface area contributed by atoms with E-state index in [0.29, 0.717) is 36.4 Å². The molecular formula is C14H14F2N2O3S. The smallest absolute Gasteiger partial charge is 0.284 e. The van der Waals surface area contributed by atoms with Gasteiger partial charge in [0.15, 0.2) is 0 Å². The van der Waals surface area contributed by atoms with Crippen molar-refractivity contribution in [3.8, 4) is 0 Å². The van der Waals surface area contributed by atoms with Gasteiger partial charge in [-0.25, -0.2) is 0 Å². The van der Waals surface area contributed by atoms with E-state index < -0.39 is 10.7 Å². The van der Waals surface area contributed by atoms with Crippen LogP contribution < -0.4 is 5.32 Å². The lowest BCUT2D eigenvalue weighted by Gasteiger charge is -2.03. The lowest BCUT2D eigenvalue weighted by atomic mass is 10.2. The van der Waals surface area contributed by atoms with Gasteiger partial charge in [0, 0.05) is 18.7 Å². The second-order valence-electron chi connectivity index (χ2n) is 4.47. The van der Waals surface area contributed by atoms with E-state index in [-0.39, 0.29) is 11.4 Å². The minimum absolute atomic E-state index is 0.0518. The third kappa shape index (κ3) is 5.12. The molecule has 8 heteroatoms. The number of nitro benzene ring substituents is 1. The molecule has 0 radical (unpaired) electrons. The molecule has 1 aromatic heterocycles. The third-order valence-electron chi connectivity index (χ3n) is 2.84. The number of nitrogens with one attached hydrogen (secondary N) is 1. The summed E-state index contributed by atoms with van der Waals surface area (Å²) in [5.41, 5.74) is 0.960. The SMILES string of the molecule is O=[N+]([O-])c1ccc(CNCc2ccc(CSC(F)F)o2)cc1. The zero-order valence-corrected chi connectivity index (χ0v) is 12.3. The fourth-order valence-corrected chi connectivity index (χ4v) is 2.25. The molecular weight excluding hydrogens is 314 g/mol. The van der Waals surface area contributed by atoms with Gasteiger partial charge in [0.05, 0.1) is 17.2 Å². The first-order valence-electron chi connectivity index (χ1n) is 6.46. The highest BCUT2D eigenvalue weighted by atomic mass is 32.2. The van der Waals surface area contributed by atoms with E-state index in [4.69, 9.17) is 4.42 Å². The first-order valence-corrected chi connectivity index (χ1v) is 7.51. The van der Waals surface area contributed by atoms with Crippen molar-refractivity contribution in [2.24, 2.45) is 0 Å². The Morgan fingerprint density at radius 3 is 2.45 bits per heavy atom. The maximum atomic E-state index is 12.1. The van der Waals surface area contributed by atoms with Crippen molar-refractivity contribution < 1.29 is 18.1 Å². The first kappa shape index (κ1) is 16.4. The summed E-state index contributed by atoms with van der Waals surface area (Å²) in [5.74, 6) is -1.10. The van der Waals surface area contributed by atoms with Gasteiger partial charge in [-0.1, -0.05) is 23.9 Å². The molecule has 0 saturated carbocycles. The molecule has 0 unspecified atom stereocenters. The van der Waals surface area contributed by atoms with E-state index in [0.717, 1.165) is 5.56 Å². The molecule has 0 atom stereocenters. The summed E-state index contributed by atoms with van der Waals surface area (Å²) in [7, 11) is 0. The summed E-state index contributed by atoms with van der Waals surface area (Å²) in [6.45, 7) is 0.982. The Morgan fingerprint density at radius 1 is 1.14 bits per heavy atom. The summed E-state index contributed by atoms with van der Waals surface area (Å²) in [5, 5.41) is 13.7. The third-order valence-corrected chi connectivity index (χ3v) is 3.55. The minimum Gasteiger partial charge on any atom is -0.464 e. The molecule has 5 nitrogen and oxygen atoms in total. The van der Waals surface area contributed by atoms with Crippen LogP contribution in [0.1, 0.15) is 17.1 Å². The van der Waals surface area contributed by atoms with Crippen LogP contribution in [0.2, 0.25) is 0 Å². The highest BCUT2D eigenvalue weighted by molar-refractivity contribution is 7.98. The predicted molar refractivity (Wildman–Crippen MR) is 79.6 cm³/mol. The number of rotatable bonds is 8. The van der Waals surface area contributed by atoms with Crippen molar-refractivity contribution in [2.75, 3.05) is 0 Å². The van der Waals surface area contributed by atoms with Gasteiger partial charge in [0.1, 0.15) is 11.5 Å².